The zero-order valence-electron chi connectivity index (χ0n) is 16.0. The normalized spacial score (nSPS) is 25.5. The van der Waals surface area contributed by atoms with Gasteiger partial charge >= 0.3 is 0 Å². The summed E-state index contributed by atoms with van der Waals surface area (Å²) in [6.07, 6.45) is -2.74. The summed E-state index contributed by atoms with van der Waals surface area (Å²) >= 11 is 5.41. The summed E-state index contributed by atoms with van der Waals surface area (Å²) in [5.41, 5.74) is 0.222. The highest BCUT2D eigenvalue weighted by atomic mass is 35.5. The van der Waals surface area contributed by atoms with E-state index in [0.717, 1.165) is 5.56 Å². The van der Waals surface area contributed by atoms with Gasteiger partial charge in [0.05, 0.1) is 12.3 Å². The average Bonchev–Trinajstić information content (AvgIpc) is 3.30. The highest BCUT2D eigenvalue weighted by molar-refractivity contribution is 6.63. The maximum Gasteiger partial charge on any atom is 0.226 e. The number of aromatic nitrogens is 3. The van der Waals surface area contributed by atoms with Crippen LogP contribution in [0.25, 0.3) is 5.52 Å². The van der Waals surface area contributed by atoms with E-state index in [-0.39, 0.29) is 12.1 Å². The van der Waals surface area contributed by atoms with Crippen LogP contribution in [0, 0.1) is 11.3 Å². The highest BCUT2D eigenvalue weighted by Crippen LogP contribution is 2.40. The van der Waals surface area contributed by atoms with Crippen molar-refractivity contribution in [1.29, 1.82) is 5.26 Å². The lowest BCUT2D eigenvalue weighted by atomic mass is 9.92. The smallest absolute Gasteiger partial charge is 0.226 e. The fraction of sp³-hybridized carbons (Fsp3) is 0.300. The lowest BCUT2D eigenvalue weighted by Crippen LogP contribution is -2.40. The fourth-order valence-corrected chi connectivity index (χ4v) is 3.80. The Bertz CT molecular complexity index is 1160. The predicted octanol–water partition coefficient (Wildman–Crippen LogP) is 0.613. The van der Waals surface area contributed by atoms with Gasteiger partial charge in [0.25, 0.3) is 0 Å². The summed E-state index contributed by atoms with van der Waals surface area (Å²) in [4.78, 5) is 15.3. The first-order chi connectivity index (χ1) is 14.9. The molecule has 0 aliphatic carbocycles. The molecule has 4 atom stereocenters. The van der Waals surface area contributed by atoms with Crippen molar-refractivity contribution in [2.24, 2.45) is 0 Å². The molecule has 160 valence electrons. The third kappa shape index (κ3) is 3.63. The standard InChI is InChI=1S/C20H18ClN5O5/c21-16(28)7-11-1-3-12(4-2-11)25-19-13-5-6-15(26(13)24-10-23-19)20(9-22)18(30)17(29)14(8-27)31-20/h1-6,10,14,17-18,27,29-30H,7-8H2,(H,23,24,25)/t14-,17-,18-,20+/m1/s1. The zero-order chi connectivity index (χ0) is 22.2. The molecule has 2 aromatic heterocycles. The monoisotopic (exact) mass is 443 g/mol. The number of aliphatic hydroxyl groups is 3. The van der Waals surface area contributed by atoms with Gasteiger partial charge in [0.1, 0.15) is 36.2 Å². The summed E-state index contributed by atoms with van der Waals surface area (Å²) in [5.74, 6) is 0.419. The lowest BCUT2D eigenvalue weighted by molar-refractivity contribution is -0.111. The summed E-state index contributed by atoms with van der Waals surface area (Å²) in [5, 5.41) is 46.7. The molecule has 4 N–H and O–H groups in total. The molecule has 11 heteroatoms. The van der Waals surface area contributed by atoms with E-state index in [9.17, 15) is 25.4 Å². The summed E-state index contributed by atoms with van der Waals surface area (Å²) in [7, 11) is 0. The maximum absolute atomic E-state index is 11.0. The highest BCUT2D eigenvalue weighted by Gasteiger charge is 2.57. The summed E-state index contributed by atoms with van der Waals surface area (Å²) in [6.45, 7) is -0.557. The van der Waals surface area contributed by atoms with Gasteiger partial charge in [0.15, 0.2) is 5.82 Å². The van der Waals surface area contributed by atoms with E-state index in [1.807, 2.05) is 6.07 Å². The van der Waals surface area contributed by atoms with Crippen LogP contribution in [-0.4, -0.2) is 60.1 Å². The number of anilines is 2. The Morgan fingerprint density at radius 1 is 1.29 bits per heavy atom. The Labute approximate surface area is 181 Å². The molecule has 0 bridgehead atoms. The van der Waals surface area contributed by atoms with Gasteiger partial charge in [-0.2, -0.15) is 10.4 Å². The Morgan fingerprint density at radius 3 is 2.65 bits per heavy atom. The molecule has 1 aliphatic rings. The van der Waals surface area contributed by atoms with E-state index in [2.05, 4.69) is 15.4 Å². The minimum absolute atomic E-state index is 0.126. The van der Waals surface area contributed by atoms with E-state index in [1.165, 1.54) is 10.8 Å². The molecule has 3 aromatic rings. The molecule has 0 spiro atoms. The molecule has 0 unspecified atom stereocenters. The number of carbonyl (C=O) groups excluding carboxylic acids is 1. The number of hydrogen-bond acceptors (Lipinski definition) is 9. The van der Waals surface area contributed by atoms with Crippen molar-refractivity contribution >= 4 is 33.9 Å². The molecule has 1 fully saturated rings. The molecule has 3 heterocycles. The predicted molar refractivity (Wildman–Crippen MR) is 109 cm³/mol. The van der Waals surface area contributed by atoms with Gasteiger partial charge in [-0.1, -0.05) is 12.1 Å². The van der Waals surface area contributed by atoms with Gasteiger partial charge in [0, 0.05) is 12.1 Å². The van der Waals surface area contributed by atoms with Crippen molar-refractivity contribution < 1.29 is 24.9 Å². The van der Waals surface area contributed by atoms with Crippen molar-refractivity contribution in [2.75, 3.05) is 11.9 Å². The number of nitriles is 1. The van der Waals surface area contributed by atoms with Gasteiger partial charge < -0.3 is 25.4 Å². The number of hydrogen-bond donors (Lipinski definition) is 4. The van der Waals surface area contributed by atoms with Crippen LogP contribution < -0.4 is 5.32 Å². The van der Waals surface area contributed by atoms with Crippen LogP contribution in [0.3, 0.4) is 0 Å². The number of carbonyl (C=O) groups is 1. The van der Waals surface area contributed by atoms with Crippen LogP contribution in [0.4, 0.5) is 11.5 Å². The van der Waals surface area contributed by atoms with Crippen molar-refractivity contribution in [2.45, 2.75) is 30.3 Å². The minimum atomic E-state index is -1.92. The molecular formula is C20H18ClN5O5. The number of rotatable bonds is 6. The molecule has 31 heavy (non-hydrogen) atoms. The van der Waals surface area contributed by atoms with Crippen LogP contribution in [-0.2, 0) is 21.6 Å². The number of nitrogens with one attached hydrogen (secondary N) is 1. The number of nitrogens with zero attached hydrogens (tertiary/aromatic N) is 4. The van der Waals surface area contributed by atoms with Crippen LogP contribution in [0.5, 0.6) is 0 Å². The van der Waals surface area contributed by atoms with Gasteiger partial charge in [-0.25, -0.2) is 9.50 Å². The number of benzene rings is 1. The van der Waals surface area contributed by atoms with Crippen molar-refractivity contribution in [1.82, 2.24) is 14.6 Å². The van der Waals surface area contributed by atoms with E-state index < -0.39 is 35.8 Å². The molecule has 0 radical (unpaired) electrons. The van der Waals surface area contributed by atoms with Crippen molar-refractivity contribution in [3.8, 4) is 6.07 Å². The minimum Gasteiger partial charge on any atom is -0.394 e. The Kier molecular flexibility index (Phi) is 5.62. The van der Waals surface area contributed by atoms with Gasteiger partial charge in [-0.3, -0.25) is 4.79 Å². The Hall–Kier alpha value is -3.07. The molecule has 1 aromatic carbocycles. The first kappa shape index (κ1) is 21.2. The first-order valence-corrected chi connectivity index (χ1v) is 9.71. The van der Waals surface area contributed by atoms with Crippen LogP contribution in [0.2, 0.25) is 0 Å². The number of ether oxygens (including phenoxy) is 1. The Morgan fingerprint density at radius 2 is 2.03 bits per heavy atom. The number of halogens is 1. The molecule has 1 saturated heterocycles. The second-order valence-corrected chi connectivity index (χ2v) is 7.52. The van der Waals surface area contributed by atoms with E-state index in [4.69, 9.17) is 16.3 Å². The summed E-state index contributed by atoms with van der Waals surface area (Å²) < 4.78 is 6.96. The van der Waals surface area contributed by atoms with Crippen molar-refractivity contribution in [3.05, 3.63) is 54.0 Å². The van der Waals surface area contributed by atoms with Crippen LogP contribution in [0.1, 0.15) is 11.3 Å². The van der Waals surface area contributed by atoms with Gasteiger partial charge in [-0.15, -0.1) is 0 Å². The molecular weight excluding hydrogens is 426 g/mol. The number of fused-ring (bicyclic) bond motifs is 1. The van der Waals surface area contributed by atoms with E-state index in [1.54, 1.807) is 36.4 Å². The van der Waals surface area contributed by atoms with E-state index in [0.29, 0.717) is 17.0 Å². The van der Waals surface area contributed by atoms with Crippen LogP contribution >= 0.6 is 11.6 Å². The largest absolute Gasteiger partial charge is 0.394 e. The zero-order valence-corrected chi connectivity index (χ0v) is 16.8. The maximum atomic E-state index is 11.0. The second kappa shape index (κ2) is 8.22. The average molecular weight is 444 g/mol. The van der Waals surface area contributed by atoms with Gasteiger partial charge in [0.2, 0.25) is 10.8 Å². The molecule has 10 nitrogen and oxygen atoms in total. The SMILES string of the molecule is N#C[C@@]1(c2ccc3c(Nc4ccc(CC(=O)Cl)cc4)ncnn23)O[C@H](CO)[C@@H](O)[C@H]1O. The number of aliphatic hydroxyl groups excluding tert-OH is 3. The quantitative estimate of drug-likeness (QED) is 0.401. The third-order valence-electron chi connectivity index (χ3n) is 5.20. The first-order valence-electron chi connectivity index (χ1n) is 9.33. The van der Waals surface area contributed by atoms with Crippen LogP contribution in [0.15, 0.2) is 42.7 Å². The van der Waals surface area contributed by atoms with E-state index >= 15 is 0 Å². The fourth-order valence-electron chi connectivity index (χ4n) is 3.64. The summed E-state index contributed by atoms with van der Waals surface area (Å²) in [6, 6.07) is 12.2. The lowest BCUT2D eigenvalue weighted by Gasteiger charge is -2.24. The Balaban J connectivity index is 1.69. The topological polar surface area (TPSA) is 153 Å². The van der Waals surface area contributed by atoms with Crippen molar-refractivity contribution in [3.63, 3.8) is 0 Å². The second-order valence-electron chi connectivity index (χ2n) is 7.10. The van der Waals surface area contributed by atoms with Gasteiger partial charge in [-0.05, 0) is 41.4 Å². The molecule has 0 amide bonds. The molecule has 4 rings (SSSR count). The molecule has 1 aliphatic heterocycles. The molecule has 0 saturated carbocycles. The third-order valence-corrected chi connectivity index (χ3v) is 5.33.